The van der Waals surface area contributed by atoms with E-state index < -0.39 is 29.4 Å². The van der Waals surface area contributed by atoms with Crippen molar-refractivity contribution in [3.05, 3.63) is 22.2 Å². The van der Waals surface area contributed by atoms with Crippen LogP contribution in [0.1, 0.15) is 39.6 Å². The first-order valence-corrected chi connectivity index (χ1v) is 7.66. The second kappa shape index (κ2) is 6.63. The molecule has 0 aliphatic carbocycles. The molecule has 2 aromatic rings. The zero-order chi connectivity index (χ0) is 18.1. The summed E-state index contributed by atoms with van der Waals surface area (Å²) in [4.78, 5) is 26.9. The lowest BCUT2D eigenvalue weighted by molar-refractivity contribution is -0.141. The molecule has 0 bridgehead atoms. The number of carbonyl (C=O) groups is 2. The summed E-state index contributed by atoms with van der Waals surface area (Å²) in [6.45, 7) is 3.04. The van der Waals surface area contributed by atoms with Crippen LogP contribution in [0.15, 0.2) is 6.07 Å². The van der Waals surface area contributed by atoms with Crippen LogP contribution in [0.25, 0.3) is 10.2 Å². The fourth-order valence-corrected chi connectivity index (χ4v) is 2.94. The molecular weight excluding hydrogens is 349 g/mol. The fraction of sp³-hybridized carbons (Fsp3) is 0.357. The van der Waals surface area contributed by atoms with Gasteiger partial charge in [-0.1, -0.05) is 0 Å². The lowest BCUT2D eigenvalue weighted by atomic mass is 10.1. The van der Waals surface area contributed by atoms with Gasteiger partial charge in [-0.05, 0) is 19.9 Å². The van der Waals surface area contributed by atoms with Gasteiger partial charge >= 0.3 is 18.1 Å². The van der Waals surface area contributed by atoms with Gasteiger partial charge in [0, 0.05) is 5.39 Å². The van der Waals surface area contributed by atoms with Crippen molar-refractivity contribution in [3.8, 4) is 0 Å². The Morgan fingerprint density at radius 1 is 1.21 bits per heavy atom. The molecule has 2 rings (SSSR count). The number of alkyl halides is 3. The van der Waals surface area contributed by atoms with Gasteiger partial charge in [-0.3, -0.25) is 0 Å². The van der Waals surface area contributed by atoms with Gasteiger partial charge in [0.05, 0.1) is 24.5 Å². The minimum Gasteiger partial charge on any atom is -0.462 e. The van der Waals surface area contributed by atoms with Gasteiger partial charge < -0.3 is 15.2 Å². The van der Waals surface area contributed by atoms with Crippen LogP contribution in [0, 0.1) is 0 Å². The number of halogens is 3. The van der Waals surface area contributed by atoms with Gasteiger partial charge in [0.1, 0.15) is 9.71 Å². The number of pyridine rings is 1. The number of esters is 2. The van der Waals surface area contributed by atoms with Crippen LogP contribution < -0.4 is 5.73 Å². The number of rotatable bonds is 4. The Hall–Kier alpha value is -2.36. The quantitative estimate of drug-likeness (QED) is 0.840. The number of thiophene rings is 1. The topological polar surface area (TPSA) is 91.5 Å². The molecule has 0 radical (unpaired) electrons. The Kier molecular flexibility index (Phi) is 4.97. The normalized spacial score (nSPS) is 11.5. The van der Waals surface area contributed by atoms with Crippen LogP contribution in [-0.4, -0.2) is 30.1 Å². The van der Waals surface area contributed by atoms with E-state index in [4.69, 9.17) is 10.5 Å². The summed E-state index contributed by atoms with van der Waals surface area (Å²) in [5.41, 5.74) is 3.59. The van der Waals surface area contributed by atoms with Crippen LogP contribution in [0.3, 0.4) is 0 Å². The average Bonchev–Trinajstić information content (AvgIpc) is 2.82. The van der Waals surface area contributed by atoms with Gasteiger partial charge in [-0.2, -0.15) is 13.2 Å². The van der Waals surface area contributed by atoms with E-state index in [0.717, 1.165) is 6.07 Å². The van der Waals surface area contributed by atoms with Crippen LogP contribution in [0.4, 0.5) is 18.9 Å². The van der Waals surface area contributed by atoms with E-state index in [2.05, 4.69) is 9.72 Å². The lowest BCUT2D eigenvalue weighted by Gasteiger charge is -2.11. The summed E-state index contributed by atoms with van der Waals surface area (Å²) in [5, 5.41) is 0.0686. The highest BCUT2D eigenvalue weighted by Gasteiger charge is 2.39. The monoisotopic (exact) mass is 362 g/mol. The molecule has 0 fully saturated rings. The summed E-state index contributed by atoms with van der Waals surface area (Å²) in [6, 6.07) is 0.942. The van der Waals surface area contributed by atoms with Crippen LogP contribution >= 0.6 is 11.3 Å². The minimum atomic E-state index is -4.86. The molecule has 0 unspecified atom stereocenters. The molecule has 0 aliphatic rings. The molecule has 6 nitrogen and oxygen atoms in total. The Labute approximate surface area is 138 Å². The summed E-state index contributed by atoms with van der Waals surface area (Å²) in [7, 11) is 0. The number of nitrogens with two attached hydrogens (primary N) is 1. The maximum atomic E-state index is 13.2. The molecule has 130 valence electrons. The zero-order valence-electron chi connectivity index (χ0n) is 12.7. The molecule has 0 saturated heterocycles. The van der Waals surface area contributed by atoms with Crippen molar-refractivity contribution in [1.29, 1.82) is 0 Å². The predicted octanol–water partition coefficient (Wildman–Crippen LogP) is 3.25. The Morgan fingerprint density at radius 2 is 1.79 bits per heavy atom. The summed E-state index contributed by atoms with van der Waals surface area (Å²) in [5.74, 6) is -1.92. The molecule has 2 aromatic heterocycles. The molecule has 0 saturated carbocycles. The van der Waals surface area contributed by atoms with Gasteiger partial charge in [-0.15, -0.1) is 11.3 Å². The van der Waals surface area contributed by atoms with Crippen LogP contribution in [0.2, 0.25) is 0 Å². The number of ether oxygens (including phenoxy) is 2. The molecule has 0 aliphatic heterocycles. The van der Waals surface area contributed by atoms with Crippen molar-refractivity contribution in [2.75, 3.05) is 18.9 Å². The van der Waals surface area contributed by atoms with E-state index in [1.165, 1.54) is 6.92 Å². The number of carbonyl (C=O) groups excluding carboxylic acids is 2. The van der Waals surface area contributed by atoms with Crippen molar-refractivity contribution in [2.24, 2.45) is 0 Å². The first kappa shape index (κ1) is 18.0. The molecule has 0 amide bonds. The van der Waals surface area contributed by atoms with E-state index in [9.17, 15) is 22.8 Å². The largest absolute Gasteiger partial charge is 0.462 e. The average molecular weight is 362 g/mol. The van der Waals surface area contributed by atoms with Gasteiger partial charge in [0.25, 0.3) is 0 Å². The Bertz CT molecular complexity index is 801. The third-order valence-corrected chi connectivity index (χ3v) is 4.04. The van der Waals surface area contributed by atoms with Crippen molar-refractivity contribution < 1.29 is 32.2 Å². The molecule has 0 aromatic carbocycles. The molecule has 0 atom stereocenters. The number of fused-ring (bicyclic) bond motifs is 1. The molecule has 10 heteroatoms. The van der Waals surface area contributed by atoms with Crippen molar-refractivity contribution >= 4 is 39.2 Å². The van der Waals surface area contributed by atoms with Gasteiger partial charge in [-0.25, -0.2) is 14.6 Å². The SMILES string of the molecule is CCOC(=O)c1cc2c(N)c(C(=O)OCC)sc2nc1C(F)(F)F. The Balaban J connectivity index is 2.70. The number of nitrogen functional groups attached to an aromatic ring is 1. The van der Waals surface area contributed by atoms with E-state index in [1.807, 2.05) is 0 Å². The molecule has 24 heavy (non-hydrogen) atoms. The third-order valence-electron chi connectivity index (χ3n) is 2.95. The zero-order valence-corrected chi connectivity index (χ0v) is 13.5. The first-order chi connectivity index (χ1) is 11.2. The maximum Gasteiger partial charge on any atom is 0.434 e. The molecule has 2 N–H and O–H groups in total. The highest BCUT2D eigenvalue weighted by molar-refractivity contribution is 7.21. The second-order valence-electron chi connectivity index (χ2n) is 4.52. The van der Waals surface area contributed by atoms with E-state index in [-0.39, 0.29) is 34.0 Å². The van der Waals surface area contributed by atoms with Crippen molar-refractivity contribution in [3.63, 3.8) is 0 Å². The standard InChI is InChI=1S/C14H13F3N2O4S/c1-3-22-12(20)7-5-6-8(18)9(13(21)23-4-2)24-11(6)19-10(7)14(15,16)17/h5H,3-4,18H2,1-2H3. The molecule has 2 heterocycles. The maximum absolute atomic E-state index is 13.2. The summed E-state index contributed by atoms with van der Waals surface area (Å²) < 4.78 is 49.0. The highest BCUT2D eigenvalue weighted by atomic mass is 32.1. The number of nitrogens with zero attached hydrogens (tertiary/aromatic N) is 1. The first-order valence-electron chi connectivity index (χ1n) is 6.85. The lowest BCUT2D eigenvalue weighted by Crippen LogP contribution is -2.17. The van der Waals surface area contributed by atoms with E-state index in [0.29, 0.717) is 11.3 Å². The number of hydrogen-bond donors (Lipinski definition) is 1. The van der Waals surface area contributed by atoms with Crippen LogP contribution in [0.5, 0.6) is 0 Å². The Morgan fingerprint density at radius 3 is 2.33 bits per heavy atom. The fourth-order valence-electron chi connectivity index (χ4n) is 1.97. The van der Waals surface area contributed by atoms with Crippen LogP contribution in [-0.2, 0) is 15.7 Å². The highest BCUT2D eigenvalue weighted by Crippen LogP contribution is 2.38. The minimum absolute atomic E-state index is 0.0616. The third kappa shape index (κ3) is 3.28. The second-order valence-corrected chi connectivity index (χ2v) is 5.52. The van der Waals surface area contributed by atoms with Gasteiger partial charge in [0.2, 0.25) is 0 Å². The number of hydrogen-bond acceptors (Lipinski definition) is 7. The molecule has 0 spiro atoms. The number of aromatic nitrogens is 1. The van der Waals surface area contributed by atoms with E-state index in [1.54, 1.807) is 6.92 Å². The summed E-state index contributed by atoms with van der Waals surface area (Å²) >= 11 is 0.673. The summed E-state index contributed by atoms with van der Waals surface area (Å²) in [6.07, 6.45) is -4.86. The van der Waals surface area contributed by atoms with Crippen molar-refractivity contribution in [1.82, 2.24) is 4.98 Å². The van der Waals surface area contributed by atoms with E-state index >= 15 is 0 Å². The smallest absolute Gasteiger partial charge is 0.434 e. The van der Waals surface area contributed by atoms with Gasteiger partial charge in [0.15, 0.2) is 5.69 Å². The number of anilines is 1. The predicted molar refractivity (Wildman–Crippen MR) is 80.9 cm³/mol. The molecular formula is C14H13F3N2O4S. The van der Waals surface area contributed by atoms with Crippen molar-refractivity contribution in [2.45, 2.75) is 20.0 Å².